The molecule has 0 aromatic carbocycles. The summed E-state index contributed by atoms with van der Waals surface area (Å²) in [6, 6.07) is 0. The summed E-state index contributed by atoms with van der Waals surface area (Å²) in [7, 11) is 0. The van der Waals surface area contributed by atoms with Crippen LogP contribution in [0.3, 0.4) is 0 Å². The van der Waals surface area contributed by atoms with Crippen LogP contribution in [0.4, 0.5) is 0 Å². The van der Waals surface area contributed by atoms with E-state index in [2.05, 4.69) is 15.8 Å². The molecule has 0 aromatic rings. The maximum Gasteiger partial charge on any atom is 0.187 e. The highest BCUT2D eigenvalue weighted by Gasteiger charge is 2.15. The average Bonchev–Trinajstić information content (AvgIpc) is 2.91. The molecule has 102 valence electrons. The molecule has 0 spiro atoms. The van der Waals surface area contributed by atoms with Crippen molar-refractivity contribution in [2.45, 2.75) is 51.0 Å². The van der Waals surface area contributed by atoms with Crippen LogP contribution < -0.4 is 10.7 Å². The monoisotopic (exact) mass is 269 g/mol. The van der Waals surface area contributed by atoms with Gasteiger partial charge in [0, 0.05) is 19.4 Å². The van der Waals surface area contributed by atoms with Crippen molar-refractivity contribution in [3.8, 4) is 0 Å². The van der Waals surface area contributed by atoms with E-state index in [-0.39, 0.29) is 0 Å². The van der Waals surface area contributed by atoms with E-state index in [0.717, 1.165) is 26.0 Å². The molecule has 1 saturated carbocycles. The number of rotatable bonds is 4. The molecule has 2 fully saturated rings. The largest absolute Gasteiger partial charge is 0.376 e. The molecule has 1 unspecified atom stereocenters. The summed E-state index contributed by atoms with van der Waals surface area (Å²) in [5, 5.41) is 7.96. The molecule has 1 aliphatic heterocycles. The number of hydrogen-bond acceptors (Lipinski definition) is 3. The second-order valence-electron chi connectivity index (χ2n) is 5.13. The van der Waals surface area contributed by atoms with E-state index in [4.69, 9.17) is 17.0 Å². The van der Waals surface area contributed by atoms with Crippen LogP contribution in [0.15, 0.2) is 5.10 Å². The first-order chi connectivity index (χ1) is 8.84. The molecule has 1 atom stereocenters. The normalized spacial score (nSPS) is 25.4. The van der Waals surface area contributed by atoms with Crippen molar-refractivity contribution in [1.29, 1.82) is 0 Å². The highest BCUT2D eigenvalue weighted by atomic mass is 32.1. The summed E-state index contributed by atoms with van der Waals surface area (Å²) >= 11 is 5.16. The number of ether oxygens (including phenoxy) is 1. The van der Waals surface area contributed by atoms with Gasteiger partial charge in [0.1, 0.15) is 0 Å². The predicted molar refractivity (Wildman–Crippen MR) is 77.8 cm³/mol. The van der Waals surface area contributed by atoms with E-state index < -0.39 is 0 Å². The van der Waals surface area contributed by atoms with Crippen LogP contribution in [-0.2, 0) is 4.74 Å². The van der Waals surface area contributed by atoms with Gasteiger partial charge in [-0.25, -0.2) is 0 Å². The summed E-state index contributed by atoms with van der Waals surface area (Å²) in [6.07, 6.45) is 11.2. The van der Waals surface area contributed by atoms with Crippen molar-refractivity contribution in [1.82, 2.24) is 10.7 Å². The van der Waals surface area contributed by atoms with E-state index >= 15 is 0 Å². The van der Waals surface area contributed by atoms with Crippen LogP contribution in [0, 0.1) is 5.92 Å². The van der Waals surface area contributed by atoms with Crippen LogP contribution in [0.2, 0.25) is 0 Å². The van der Waals surface area contributed by atoms with Crippen LogP contribution in [0.1, 0.15) is 44.9 Å². The minimum Gasteiger partial charge on any atom is -0.376 e. The Morgan fingerprint density at radius 2 is 2.06 bits per heavy atom. The van der Waals surface area contributed by atoms with Gasteiger partial charge < -0.3 is 10.1 Å². The topological polar surface area (TPSA) is 45.6 Å². The van der Waals surface area contributed by atoms with E-state index in [9.17, 15) is 0 Å². The molecular formula is C13H23N3OS. The molecule has 2 aliphatic rings. The Labute approximate surface area is 115 Å². The minimum absolute atomic E-state index is 0.312. The van der Waals surface area contributed by atoms with E-state index in [0.29, 0.717) is 17.1 Å². The third-order valence-corrected chi connectivity index (χ3v) is 3.85. The number of hydrogen-bond donors (Lipinski definition) is 2. The lowest BCUT2D eigenvalue weighted by atomic mass is 9.90. The summed E-state index contributed by atoms with van der Waals surface area (Å²) in [5.41, 5.74) is 2.89. The average molecular weight is 269 g/mol. The van der Waals surface area contributed by atoms with E-state index in [1.807, 2.05) is 6.21 Å². The molecule has 2 N–H and O–H groups in total. The number of nitrogens with one attached hydrogen (secondary N) is 2. The van der Waals surface area contributed by atoms with Crippen LogP contribution >= 0.6 is 12.2 Å². The Morgan fingerprint density at radius 3 is 2.78 bits per heavy atom. The lowest BCUT2D eigenvalue weighted by molar-refractivity contribution is 0.114. The molecule has 0 aromatic heterocycles. The van der Waals surface area contributed by atoms with Gasteiger partial charge >= 0.3 is 0 Å². The van der Waals surface area contributed by atoms with Gasteiger partial charge in [0.05, 0.1) is 6.10 Å². The summed E-state index contributed by atoms with van der Waals surface area (Å²) in [5.74, 6) is 0.632. The zero-order valence-electron chi connectivity index (χ0n) is 10.9. The number of thiocarbonyl (C=S) groups is 1. The molecule has 2 rings (SSSR count). The third kappa shape index (κ3) is 4.90. The van der Waals surface area contributed by atoms with Gasteiger partial charge in [-0.2, -0.15) is 5.10 Å². The second-order valence-corrected chi connectivity index (χ2v) is 5.54. The zero-order chi connectivity index (χ0) is 12.6. The van der Waals surface area contributed by atoms with Gasteiger partial charge in [-0.15, -0.1) is 0 Å². The quantitative estimate of drug-likeness (QED) is 0.466. The fourth-order valence-electron chi connectivity index (χ4n) is 2.54. The highest BCUT2D eigenvalue weighted by Crippen LogP contribution is 2.21. The molecular weight excluding hydrogens is 246 g/mol. The van der Waals surface area contributed by atoms with Gasteiger partial charge in [0.2, 0.25) is 0 Å². The molecule has 1 heterocycles. The van der Waals surface area contributed by atoms with Crippen LogP contribution in [0.5, 0.6) is 0 Å². The highest BCUT2D eigenvalue weighted by molar-refractivity contribution is 7.80. The first kappa shape index (κ1) is 13.7. The molecule has 0 amide bonds. The van der Waals surface area contributed by atoms with E-state index in [1.165, 1.54) is 32.1 Å². The first-order valence-electron chi connectivity index (χ1n) is 7.03. The van der Waals surface area contributed by atoms with Gasteiger partial charge in [0.25, 0.3) is 0 Å². The Kier molecular flexibility index (Phi) is 5.87. The van der Waals surface area contributed by atoms with Crippen molar-refractivity contribution >= 4 is 23.5 Å². The Balaban J connectivity index is 1.57. The third-order valence-electron chi connectivity index (χ3n) is 3.62. The van der Waals surface area contributed by atoms with Crippen LogP contribution in [-0.4, -0.2) is 30.6 Å². The van der Waals surface area contributed by atoms with Crippen molar-refractivity contribution in [3.05, 3.63) is 0 Å². The molecule has 0 radical (unpaired) electrons. The van der Waals surface area contributed by atoms with Gasteiger partial charge in [-0.1, -0.05) is 19.3 Å². The SMILES string of the molecule is S=C(NCC1CCCO1)NN=CC1CCCCC1. The maximum atomic E-state index is 5.51. The lowest BCUT2D eigenvalue weighted by Gasteiger charge is -2.17. The molecule has 4 nitrogen and oxygen atoms in total. The summed E-state index contributed by atoms with van der Waals surface area (Å²) in [4.78, 5) is 0. The van der Waals surface area contributed by atoms with Crippen molar-refractivity contribution in [2.24, 2.45) is 11.0 Å². The van der Waals surface area contributed by atoms with Gasteiger partial charge in [-0.05, 0) is 43.8 Å². The first-order valence-corrected chi connectivity index (χ1v) is 7.44. The fourth-order valence-corrected chi connectivity index (χ4v) is 2.67. The fraction of sp³-hybridized carbons (Fsp3) is 0.846. The molecule has 0 bridgehead atoms. The van der Waals surface area contributed by atoms with Crippen molar-refractivity contribution in [3.63, 3.8) is 0 Å². The van der Waals surface area contributed by atoms with Crippen molar-refractivity contribution in [2.75, 3.05) is 13.2 Å². The number of hydrazone groups is 1. The van der Waals surface area contributed by atoms with Crippen molar-refractivity contribution < 1.29 is 4.74 Å². The Morgan fingerprint density at radius 1 is 1.22 bits per heavy atom. The molecule has 1 aliphatic carbocycles. The van der Waals surface area contributed by atoms with Gasteiger partial charge in [-0.3, -0.25) is 5.43 Å². The van der Waals surface area contributed by atoms with E-state index in [1.54, 1.807) is 0 Å². The Bertz CT molecular complexity index is 284. The van der Waals surface area contributed by atoms with Gasteiger partial charge in [0.15, 0.2) is 5.11 Å². The smallest absolute Gasteiger partial charge is 0.187 e. The van der Waals surface area contributed by atoms with Crippen LogP contribution in [0.25, 0.3) is 0 Å². The zero-order valence-corrected chi connectivity index (χ0v) is 11.7. The standard InChI is InChI=1S/C13H23N3OS/c18-13(14-10-12-7-4-8-17-12)16-15-9-11-5-2-1-3-6-11/h9,11-12H,1-8,10H2,(H2,14,16,18). The maximum absolute atomic E-state index is 5.51. The Hall–Kier alpha value is -0.680. The summed E-state index contributed by atoms with van der Waals surface area (Å²) in [6.45, 7) is 1.66. The predicted octanol–water partition coefficient (Wildman–Crippen LogP) is 2.20. The molecule has 1 saturated heterocycles. The lowest BCUT2D eigenvalue weighted by Crippen LogP contribution is -2.37. The molecule has 18 heavy (non-hydrogen) atoms. The number of nitrogens with zero attached hydrogens (tertiary/aromatic N) is 1. The summed E-state index contributed by atoms with van der Waals surface area (Å²) < 4.78 is 5.51. The second kappa shape index (κ2) is 7.69. The molecule has 5 heteroatoms. The minimum atomic E-state index is 0.312.